The molecule has 0 unspecified atom stereocenters. The van der Waals surface area contributed by atoms with Crippen LogP contribution in [-0.2, 0) is 16.6 Å². The monoisotopic (exact) mass is 364 g/mol. The molecular formula is C22H21FN2O2. The van der Waals surface area contributed by atoms with Crippen molar-refractivity contribution >= 4 is 23.2 Å². The van der Waals surface area contributed by atoms with Gasteiger partial charge in [-0.3, -0.25) is 9.59 Å². The van der Waals surface area contributed by atoms with Crippen molar-refractivity contribution in [2.24, 2.45) is 0 Å². The molecule has 0 saturated heterocycles. The Morgan fingerprint density at radius 3 is 2.74 bits per heavy atom. The van der Waals surface area contributed by atoms with Gasteiger partial charge in [0.05, 0.1) is 5.69 Å². The molecule has 138 valence electrons. The van der Waals surface area contributed by atoms with Gasteiger partial charge >= 0.3 is 0 Å². The van der Waals surface area contributed by atoms with Crippen LogP contribution in [0.25, 0.3) is 0 Å². The molecule has 4 nitrogen and oxygen atoms in total. The zero-order valence-electron chi connectivity index (χ0n) is 15.1. The average molecular weight is 364 g/mol. The molecule has 2 aliphatic heterocycles. The highest BCUT2D eigenvalue weighted by Crippen LogP contribution is 2.51. The van der Waals surface area contributed by atoms with Crippen LogP contribution in [0.15, 0.2) is 36.4 Å². The quantitative estimate of drug-likeness (QED) is 0.825. The van der Waals surface area contributed by atoms with Crippen molar-refractivity contribution in [2.75, 3.05) is 16.8 Å². The van der Waals surface area contributed by atoms with Gasteiger partial charge < -0.3 is 10.2 Å². The molecule has 1 spiro atoms. The number of hydrogen-bond donors (Lipinski definition) is 1. The second-order valence-electron chi connectivity index (χ2n) is 7.93. The molecule has 2 heterocycles. The summed E-state index contributed by atoms with van der Waals surface area (Å²) in [5.41, 5.74) is 3.56. The maximum atomic E-state index is 14.7. The number of aryl methyl sites for hydroxylation is 1. The van der Waals surface area contributed by atoms with Crippen molar-refractivity contribution in [1.29, 1.82) is 0 Å². The summed E-state index contributed by atoms with van der Waals surface area (Å²) < 4.78 is 14.7. The van der Waals surface area contributed by atoms with E-state index >= 15 is 0 Å². The lowest BCUT2D eigenvalue weighted by Gasteiger charge is -2.25. The summed E-state index contributed by atoms with van der Waals surface area (Å²) in [5, 5.41) is 2.84. The molecule has 27 heavy (non-hydrogen) atoms. The molecule has 2 aromatic rings. The highest BCUT2D eigenvalue weighted by Gasteiger charge is 2.48. The molecular weight excluding hydrogens is 343 g/mol. The first-order valence-corrected chi connectivity index (χ1v) is 9.61. The van der Waals surface area contributed by atoms with E-state index in [9.17, 15) is 14.0 Å². The third kappa shape index (κ3) is 2.48. The van der Waals surface area contributed by atoms with E-state index in [1.165, 1.54) is 6.07 Å². The van der Waals surface area contributed by atoms with Crippen molar-refractivity contribution < 1.29 is 14.0 Å². The normalized spacial score (nSPS) is 19.7. The predicted octanol–water partition coefficient (Wildman–Crippen LogP) is 4.18. The number of carbonyl (C=O) groups excluding carboxylic acids is 2. The first-order chi connectivity index (χ1) is 13.1. The van der Waals surface area contributed by atoms with E-state index < -0.39 is 0 Å². The standard InChI is InChI=1S/C22H21FN2O2/c23-16-4-3-5-18-20(16)22(10-1-2-11-22)13-25(18)21(27)15-6-8-17-14(12-15)7-9-19(26)24-17/h3-6,8,12H,1-2,7,9-11,13H2,(H,24,26). The lowest BCUT2D eigenvalue weighted by Crippen LogP contribution is -2.35. The van der Waals surface area contributed by atoms with Gasteiger partial charge in [-0.1, -0.05) is 18.9 Å². The van der Waals surface area contributed by atoms with Crippen LogP contribution in [0.1, 0.15) is 53.6 Å². The Kier molecular flexibility index (Phi) is 3.61. The predicted molar refractivity (Wildman–Crippen MR) is 102 cm³/mol. The van der Waals surface area contributed by atoms with Crippen LogP contribution >= 0.6 is 0 Å². The minimum Gasteiger partial charge on any atom is -0.326 e. The molecule has 5 rings (SSSR count). The van der Waals surface area contributed by atoms with Crippen molar-refractivity contribution in [3.63, 3.8) is 0 Å². The summed E-state index contributed by atoms with van der Waals surface area (Å²) in [6.45, 7) is 0.552. The zero-order chi connectivity index (χ0) is 18.6. The maximum Gasteiger partial charge on any atom is 0.258 e. The molecule has 1 saturated carbocycles. The van der Waals surface area contributed by atoms with E-state index in [0.29, 0.717) is 30.6 Å². The molecule has 0 bridgehead atoms. The molecule has 1 aliphatic carbocycles. The van der Waals surface area contributed by atoms with Crippen molar-refractivity contribution in [2.45, 2.75) is 43.9 Å². The summed E-state index contributed by atoms with van der Waals surface area (Å²) in [6, 6.07) is 10.5. The van der Waals surface area contributed by atoms with E-state index in [1.54, 1.807) is 23.1 Å². The average Bonchev–Trinajstić information content (AvgIpc) is 3.27. The number of amides is 2. The zero-order valence-corrected chi connectivity index (χ0v) is 15.1. The van der Waals surface area contributed by atoms with E-state index in [1.807, 2.05) is 12.1 Å². The van der Waals surface area contributed by atoms with Crippen LogP contribution in [0, 0.1) is 5.82 Å². The number of fused-ring (bicyclic) bond motifs is 3. The van der Waals surface area contributed by atoms with Gasteiger partial charge in [0.15, 0.2) is 0 Å². The van der Waals surface area contributed by atoms with Gasteiger partial charge in [-0.05, 0) is 55.2 Å². The summed E-state index contributed by atoms with van der Waals surface area (Å²) in [5.74, 6) is -0.281. The van der Waals surface area contributed by atoms with Crippen LogP contribution in [0.4, 0.5) is 15.8 Å². The van der Waals surface area contributed by atoms with Gasteiger partial charge in [-0.2, -0.15) is 0 Å². The van der Waals surface area contributed by atoms with Gasteiger partial charge in [0.2, 0.25) is 5.91 Å². The largest absolute Gasteiger partial charge is 0.326 e. The number of carbonyl (C=O) groups is 2. The van der Waals surface area contributed by atoms with E-state index in [4.69, 9.17) is 0 Å². The number of anilines is 2. The van der Waals surface area contributed by atoms with E-state index in [2.05, 4.69) is 5.32 Å². The fourth-order valence-electron chi connectivity index (χ4n) is 5.04. The van der Waals surface area contributed by atoms with Crippen LogP contribution in [0.3, 0.4) is 0 Å². The highest BCUT2D eigenvalue weighted by molar-refractivity contribution is 6.08. The topological polar surface area (TPSA) is 49.4 Å². The van der Waals surface area contributed by atoms with Gasteiger partial charge in [0, 0.05) is 35.2 Å². The van der Waals surface area contributed by atoms with Crippen LogP contribution in [-0.4, -0.2) is 18.4 Å². The summed E-state index contributed by atoms with van der Waals surface area (Å²) >= 11 is 0. The number of nitrogens with zero attached hydrogens (tertiary/aromatic N) is 1. The third-order valence-electron chi connectivity index (χ3n) is 6.33. The highest BCUT2D eigenvalue weighted by atomic mass is 19.1. The second-order valence-corrected chi connectivity index (χ2v) is 7.93. The third-order valence-corrected chi connectivity index (χ3v) is 6.33. The number of benzene rings is 2. The Morgan fingerprint density at radius 2 is 1.93 bits per heavy atom. The molecule has 3 aliphatic rings. The number of nitrogens with one attached hydrogen (secondary N) is 1. The Balaban J connectivity index is 1.53. The minimum atomic E-state index is -0.238. The van der Waals surface area contributed by atoms with Crippen LogP contribution in [0.5, 0.6) is 0 Å². The molecule has 2 amide bonds. The van der Waals surface area contributed by atoms with Crippen molar-refractivity contribution in [3.8, 4) is 0 Å². The van der Waals surface area contributed by atoms with Gasteiger partial charge in [0.25, 0.3) is 5.91 Å². The molecule has 0 aromatic heterocycles. The number of rotatable bonds is 1. The Morgan fingerprint density at radius 1 is 1.11 bits per heavy atom. The van der Waals surface area contributed by atoms with Crippen molar-refractivity contribution in [1.82, 2.24) is 0 Å². The summed E-state index contributed by atoms with van der Waals surface area (Å²) in [4.78, 5) is 26.6. The maximum absolute atomic E-state index is 14.7. The smallest absolute Gasteiger partial charge is 0.258 e. The first kappa shape index (κ1) is 16.5. The Labute approximate surface area is 157 Å². The molecule has 1 N–H and O–H groups in total. The van der Waals surface area contributed by atoms with Gasteiger partial charge in [0.1, 0.15) is 5.82 Å². The van der Waals surface area contributed by atoms with Gasteiger partial charge in [-0.25, -0.2) is 4.39 Å². The van der Waals surface area contributed by atoms with E-state index in [-0.39, 0.29) is 23.0 Å². The van der Waals surface area contributed by atoms with Gasteiger partial charge in [-0.15, -0.1) is 0 Å². The first-order valence-electron chi connectivity index (χ1n) is 9.61. The second kappa shape index (κ2) is 5.91. The summed E-state index contributed by atoms with van der Waals surface area (Å²) in [7, 11) is 0. The Bertz CT molecular complexity index is 963. The van der Waals surface area contributed by atoms with Crippen LogP contribution in [0.2, 0.25) is 0 Å². The lowest BCUT2D eigenvalue weighted by molar-refractivity contribution is -0.116. The summed E-state index contributed by atoms with van der Waals surface area (Å²) in [6.07, 6.45) is 5.09. The minimum absolute atomic E-state index is 0.00805. The fraction of sp³-hybridized carbons (Fsp3) is 0.364. The molecule has 0 radical (unpaired) electrons. The molecule has 0 atom stereocenters. The fourth-order valence-corrected chi connectivity index (χ4v) is 5.04. The lowest BCUT2D eigenvalue weighted by atomic mass is 9.80. The molecule has 1 fully saturated rings. The molecule has 5 heteroatoms. The molecule has 2 aromatic carbocycles. The number of halogens is 1. The van der Waals surface area contributed by atoms with E-state index in [0.717, 1.165) is 42.5 Å². The van der Waals surface area contributed by atoms with Crippen LogP contribution < -0.4 is 10.2 Å². The van der Waals surface area contributed by atoms with Crippen molar-refractivity contribution in [3.05, 3.63) is 58.9 Å². The number of hydrogen-bond acceptors (Lipinski definition) is 2. The Hall–Kier alpha value is -2.69. The SMILES string of the molecule is O=C1CCc2cc(C(=O)N3CC4(CCCC4)c4c(F)cccc43)ccc2N1.